The Morgan fingerprint density at radius 3 is 2.53 bits per heavy atom. The number of carbonyl (C=O) groups is 1. The molecule has 0 saturated carbocycles. The largest absolute Gasteiger partial charge is 0.322 e. The maximum atomic E-state index is 13.1. The zero-order valence-electron chi connectivity index (χ0n) is 17.9. The molecule has 2 aromatic carbocycles. The lowest BCUT2D eigenvalue weighted by molar-refractivity contribution is 0.102. The third kappa shape index (κ3) is 3.36. The minimum absolute atomic E-state index is 0.0991. The first-order valence-corrected chi connectivity index (χ1v) is 10.4. The van der Waals surface area contributed by atoms with Gasteiger partial charge in [0.2, 0.25) is 0 Å². The van der Waals surface area contributed by atoms with Crippen LogP contribution < -0.4 is 10.9 Å². The van der Waals surface area contributed by atoms with Crippen LogP contribution >= 0.6 is 0 Å². The van der Waals surface area contributed by atoms with E-state index in [9.17, 15) is 9.59 Å². The van der Waals surface area contributed by atoms with Crippen LogP contribution in [0.3, 0.4) is 0 Å². The zero-order valence-corrected chi connectivity index (χ0v) is 17.9. The summed E-state index contributed by atoms with van der Waals surface area (Å²) in [5, 5.41) is 2.98. The van der Waals surface area contributed by atoms with Crippen molar-refractivity contribution in [1.29, 1.82) is 0 Å². The summed E-state index contributed by atoms with van der Waals surface area (Å²) < 4.78 is 3.54. The van der Waals surface area contributed by atoms with Crippen molar-refractivity contribution >= 4 is 28.3 Å². The predicted molar refractivity (Wildman–Crippen MR) is 126 cm³/mol. The van der Waals surface area contributed by atoms with Crippen LogP contribution in [0.4, 0.5) is 5.69 Å². The average molecular weight is 422 g/mol. The molecule has 0 aliphatic heterocycles. The fourth-order valence-electron chi connectivity index (χ4n) is 3.96. The molecule has 6 heteroatoms. The van der Waals surface area contributed by atoms with Gasteiger partial charge in [-0.05, 0) is 73.0 Å². The van der Waals surface area contributed by atoms with Gasteiger partial charge in [0.15, 0.2) is 5.65 Å². The van der Waals surface area contributed by atoms with Gasteiger partial charge in [-0.15, -0.1) is 0 Å². The molecule has 158 valence electrons. The molecule has 5 rings (SSSR count). The number of pyridine rings is 1. The van der Waals surface area contributed by atoms with E-state index >= 15 is 0 Å². The minimum Gasteiger partial charge on any atom is -0.322 e. The minimum atomic E-state index is -0.163. The van der Waals surface area contributed by atoms with Crippen molar-refractivity contribution in [1.82, 2.24) is 14.0 Å². The Balaban J connectivity index is 1.44. The second-order valence-electron chi connectivity index (χ2n) is 7.90. The normalized spacial score (nSPS) is 11.2. The highest BCUT2D eigenvalue weighted by Crippen LogP contribution is 2.19. The van der Waals surface area contributed by atoms with Gasteiger partial charge in [-0.1, -0.05) is 24.3 Å². The predicted octanol–water partition coefficient (Wildman–Crippen LogP) is 4.57. The van der Waals surface area contributed by atoms with Crippen molar-refractivity contribution in [3.05, 3.63) is 112 Å². The number of hydrogen-bond donors (Lipinski definition) is 1. The van der Waals surface area contributed by atoms with E-state index in [1.807, 2.05) is 79.0 Å². The van der Waals surface area contributed by atoms with Crippen LogP contribution in [-0.4, -0.2) is 19.9 Å². The molecule has 6 nitrogen and oxygen atoms in total. The molecule has 0 atom stereocenters. The van der Waals surface area contributed by atoms with Crippen molar-refractivity contribution in [3.63, 3.8) is 0 Å². The topological polar surface area (TPSA) is 68.4 Å². The number of carbonyl (C=O) groups excluding carboxylic acids is 1. The second-order valence-corrected chi connectivity index (χ2v) is 7.90. The van der Waals surface area contributed by atoms with Crippen LogP contribution in [-0.2, 0) is 6.54 Å². The van der Waals surface area contributed by atoms with E-state index in [1.54, 1.807) is 22.9 Å². The van der Waals surface area contributed by atoms with Crippen molar-refractivity contribution in [2.75, 3.05) is 5.32 Å². The first kappa shape index (κ1) is 19.8. The van der Waals surface area contributed by atoms with E-state index in [0.29, 0.717) is 23.3 Å². The Hall–Kier alpha value is -4.19. The number of benzene rings is 2. The quantitative estimate of drug-likeness (QED) is 0.461. The van der Waals surface area contributed by atoms with Gasteiger partial charge in [0.25, 0.3) is 11.5 Å². The summed E-state index contributed by atoms with van der Waals surface area (Å²) in [6.07, 6.45) is 3.56. The van der Waals surface area contributed by atoms with E-state index in [4.69, 9.17) is 0 Å². The number of rotatable bonds is 4. The number of anilines is 1. The fourth-order valence-corrected chi connectivity index (χ4v) is 3.96. The number of nitrogens with one attached hydrogen (secondary N) is 1. The van der Waals surface area contributed by atoms with Crippen LogP contribution in [0.15, 0.2) is 83.9 Å². The molecular weight excluding hydrogens is 400 g/mol. The highest BCUT2D eigenvalue weighted by molar-refractivity contribution is 6.04. The first-order chi connectivity index (χ1) is 15.5. The third-order valence-corrected chi connectivity index (χ3v) is 5.90. The molecule has 5 aromatic rings. The molecule has 1 amide bonds. The van der Waals surface area contributed by atoms with Gasteiger partial charge in [-0.25, -0.2) is 4.98 Å². The molecule has 3 aromatic heterocycles. The summed E-state index contributed by atoms with van der Waals surface area (Å²) in [7, 11) is 0. The van der Waals surface area contributed by atoms with Gasteiger partial charge in [0, 0.05) is 23.6 Å². The highest BCUT2D eigenvalue weighted by atomic mass is 16.1. The molecule has 32 heavy (non-hydrogen) atoms. The van der Waals surface area contributed by atoms with Crippen LogP contribution in [0.1, 0.15) is 27.0 Å². The van der Waals surface area contributed by atoms with Gasteiger partial charge in [-0.3, -0.25) is 14.2 Å². The van der Waals surface area contributed by atoms with Crippen molar-refractivity contribution in [2.45, 2.75) is 20.4 Å². The van der Waals surface area contributed by atoms with E-state index < -0.39 is 0 Å². The number of fused-ring (bicyclic) bond motifs is 3. The van der Waals surface area contributed by atoms with Crippen LogP contribution in [0.25, 0.3) is 16.7 Å². The summed E-state index contributed by atoms with van der Waals surface area (Å²) in [5.41, 5.74) is 6.47. The van der Waals surface area contributed by atoms with Crippen molar-refractivity contribution < 1.29 is 4.79 Å². The monoisotopic (exact) mass is 422 g/mol. The molecule has 0 bridgehead atoms. The number of hydrogen-bond acceptors (Lipinski definition) is 3. The Labute approximate surface area is 184 Å². The van der Waals surface area contributed by atoms with Gasteiger partial charge in [-0.2, -0.15) is 0 Å². The Morgan fingerprint density at radius 1 is 0.938 bits per heavy atom. The lowest BCUT2D eigenvalue weighted by Crippen LogP contribution is -2.24. The van der Waals surface area contributed by atoms with Crippen LogP contribution in [0.2, 0.25) is 0 Å². The van der Waals surface area contributed by atoms with Crippen molar-refractivity contribution in [3.8, 4) is 0 Å². The summed E-state index contributed by atoms with van der Waals surface area (Å²) >= 11 is 0. The molecule has 3 heterocycles. The number of amides is 1. The molecule has 0 saturated heterocycles. The van der Waals surface area contributed by atoms with Crippen LogP contribution in [0, 0.1) is 13.8 Å². The molecule has 0 spiro atoms. The van der Waals surface area contributed by atoms with Crippen molar-refractivity contribution in [2.24, 2.45) is 0 Å². The van der Waals surface area contributed by atoms with E-state index in [-0.39, 0.29) is 11.5 Å². The SMILES string of the molecule is Cc1cccc(NC(=O)c2ccc(Cn3c(=O)c4cccn4c4cccnc43)cc2)c1C. The second kappa shape index (κ2) is 7.81. The fraction of sp³-hybridized carbons (Fsp3) is 0.115. The molecule has 0 fully saturated rings. The number of aryl methyl sites for hydroxylation is 1. The smallest absolute Gasteiger partial charge is 0.276 e. The standard InChI is InChI=1S/C26H22N4O2/c1-17-6-3-7-21(18(17)2)28-25(31)20-12-10-19(11-13-20)16-30-24-22(8-4-14-27-24)29-15-5-9-23(29)26(30)32/h3-15H,16H2,1-2H3,(H,28,31). The third-order valence-electron chi connectivity index (χ3n) is 5.90. The Bertz CT molecular complexity index is 1530. The molecule has 0 unspecified atom stereocenters. The maximum absolute atomic E-state index is 13.1. The summed E-state index contributed by atoms with van der Waals surface area (Å²) in [5.74, 6) is -0.163. The van der Waals surface area contributed by atoms with Gasteiger partial charge < -0.3 is 9.72 Å². The van der Waals surface area contributed by atoms with Gasteiger partial charge in [0.05, 0.1) is 12.1 Å². The summed E-state index contributed by atoms with van der Waals surface area (Å²) in [6.45, 7) is 4.38. The molecule has 0 radical (unpaired) electrons. The van der Waals surface area contributed by atoms with Crippen LogP contribution in [0.5, 0.6) is 0 Å². The van der Waals surface area contributed by atoms with Gasteiger partial charge >= 0.3 is 0 Å². The lowest BCUT2D eigenvalue weighted by atomic mass is 10.1. The van der Waals surface area contributed by atoms with E-state index in [0.717, 1.165) is 27.9 Å². The Kier molecular flexibility index (Phi) is 4.82. The molecule has 0 aliphatic carbocycles. The molecule has 0 aliphatic rings. The van der Waals surface area contributed by atoms with E-state index in [2.05, 4.69) is 10.3 Å². The number of nitrogens with zero attached hydrogens (tertiary/aromatic N) is 3. The molecular formula is C26H22N4O2. The first-order valence-electron chi connectivity index (χ1n) is 10.4. The molecule has 1 N–H and O–H groups in total. The Morgan fingerprint density at radius 2 is 1.72 bits per heavy atom. The summed E-state index contributed by atoms with van der Waals surface area (Å²) in [4.78, 5) is 30.3. The average Bonchev–Trinajstić information content (AvgIpc) is 3.30. The maximum Gasteiger partial charge on any atom is 0.276 e. The zero-order chi connectivity index (χ0) is 22.2. The van der Waals surface area contributed by atoms with Gasteiger partial charge in [0.1, 0.15) is 5.52 Å². The van der Waals surface area contributed by atoms with E-state index in [1.165, 1.54) is 0 Å². The highest BCUT2D eigenvalue weighted by Gasteiger charge is 2.13. The lowest BCUT2D eigenvalue weighted by Gasteiger charge is -2.13. The summed E-state index contributed by atoms with van der Waals surface area (Å²) in [6, 6.07) is 20.7. The number of aromatic nitrogens is 3.